The second-order valence-corrected chi connectivity index (χ2v) is 4.03. The van der Waals surface area contributed by atoms with Crippen LogP contribution in [0.15, 0.2) is 39.4 Å². The monoisotopic (exact) mass is 282 g/mol. The molecular weight excluding hydrogens is 272 g/mol. The highest BCUT2D eigenvalue weighted by atomic mass is 79.9. The first-order valence-electron chi connectivity index (χ1n) is 4.71. The number of benzene rings is 1. The Kier molecular flexibility index (Phi) is 3.19. The van der Waals surface area contributed by atoms with Crippen LogP contribution in [0, 0.1) is 0 Å². The molecule has 0 spiro atoms. The van der Waals surface area contributed by atoms with Gasteiger partial charge in [0.2, 0.25) is 0 Å². The van der Waals surface area contributed by atoms with E-state index in [2.05, 4.69) is 15.9 Å². The first-order chi connectivity index (χ1) is 7.76. The lowest BCUT2D eigenvalue weighted by Crippen LogP contribution is -1.92. The third-order valence-electron chi connectivity index (χ3n) is 2.24. The average molecular weight is 283 g/mol. The van der Waals surface area contributed by atoms with Gasteiger partial charge in [0.15, 0.2) is 11.5 Å². The molecule has 0 saturated heterocycles. The second kappa shape index (κ2) is 4.61. The van der Waals surface area contributed by atoms with Gasteiger partial charge in [0.25, 0.3) is 0 Å². The number of furan rings is 1. The van der Waals surface area contributed by atoms with Gasteiger partial charge < -0.3 is 13.9 Å². The van der Waals surface area contributed by atoms with Crippen LogP contribution in [0.25, 0.3) is 11.3 Å². The van der Waals surface area contributed by atoms with Crippen molar-refractivity contribution >= 4 is 15.9 Å². The van der Waals surface area contributed by atoms with Crippen molar-refractivity contribution < 1.29 is 13.9 Å². The van der Waals surface area contributed by atoms with Gasteiger partial charge in [0.05, 0.1) is 25.0 Å². The van der Waals surface area contributed by atoms with Gasteiger partial charge in [-0.2, -0.15) is 0 Å². The van der Waals surface area contributed by atoms with Crippen LogP contribution in [0.5, 0.6) is 11.5 Å². The molecule has 1 aromatic heterocycles. The molecule has 0 fully saturated rings. The van der Waals surface area contributed by atoms with Crippen LogP contribution in [0.2, 0.25) is 0 Å². The normalized spacial score (nSPS) is 10.2. The van der Waals surface area contributed by atoms with Gasteiger partial charge in [-0.3, -0.25) is 0 Å². The molecule has 2 aromatic rings. The van der Waals surface area contributed by atoms with Gasteiger partial charge in [-0.1, -0.05) is 0 Å². The largest absolute Gasteiger partial charge is 0.493 e. The van der Waals surface area contributed by atoms with Crippen molar-refractivity contribution in [2.45, 2.75) is 0 Å². The fourth-order valence-corrected chi connectivity index (χ4v) is 2.11. The number of hydrogen-bond acceptors (Lipinski definition) is 3. The second-order valence-electron chi connectivity index (χ2n) is 3.17. The Morgan fingerprint density at radius 2 is 2.00 bits per heavy atom. The Morgan fingerprint density at radius 1 is 1.19 bits per heavy atom. The number of methoxy groups -OCH3 is 2. The summed E-state index contributed by atoms with van der Waals surface area (Å²) in [6.45, 7) is 0. The molecular formula is C12H11BrO3. The van der Waals surface area contributed by atoms with Crippen LogP contribution < -0.4 is 9.47 Å². The minimum absolute atomic E-state index is 0.670. The van der Waals surface area contributed by atoms with E-state index in [9.17, 15) is 0 Å². The molecule has 0 unspecified atom stereocenters. The third kappa shape index (κ3) is 1.93. The quantitative estimate of drug-likeness (QED) is 0.860. The van der Waals surface area contributed by atoms with E-state index in [0.717, 1.165) is 15.8 Å². The molecule has 1 aromatic carbocycles. The van der Waals surface area contributed by atoms with Crippen molar-refractivity contribution in [1.29, 1.82) is 0 Å². The van der Waals surface area contributed by atoms with Gasteiger partial charge in [-0.15, -0.1) is 0 Å². The molecule has 84 valence electrons. The summed E-state index contributed by atoms with van der Waals surface area (Å²) in [5.41, 5.74) is 0.939. The lowest BCUT2D eigenvalue weighted by Gasteiger charge is -2.10. The summed E-state index contributed by atoms with van der Waals surface area (Å²) < 4.78 is 16.7. The molecule has 0 aliphatic rings. The van der Waals surface area contributed by atoms with Gasteiger partial charge in [-0.25, -0.2) is 0 Å². The zero-order valence-corrected chi connectivity index (χ0v) is 10.6. The molecule has 0 amide bonds. The zero-order valence-electron chi connectivity index (χ0n) is 8.99. The topological polar surface area (TPSA) is 31.6 Å². The summed E-state index contributed by atoms with van der Waals surface area (Å²) in [6, 6.07) is 7.55. The number of hydrogen-bond donors (Lipinski definition) is 0. The Bertz CT molecular complexity index is 477. The van der Waals surface area contributed by atoms with E-state index >= 15 is 0 Å². The van der Waals surface area contributed by atoms with Gasteiger partial charge in [0.1, 0.15) is 5.76 Å². The SMILES string of the molecule is COc1cc(-c2ccco2)cc(Br)c1OC. The molecule has 0 saturated carbocycles. The maximum Gasteiger partial charge on any atom is 0.174 e. The molecule has 0 bridgehead atoms. The summed E-state index contributed by atoms with van der Waals surface area (Å²) in [5, 5.41) is 0. The third-order valence-corrected chi connectivity index (χ3v) is 2.83. The van der Waals surface area contributed by atoms with Crippen molar-refractivity contribution in [1.82, 2.24) is 0 Å². The van der Waals surface area contributed by atoms with Gasteiger partial charge in [0, 0.05) is 5.56 Å². The Morgan fingerprint density at radius 3 is 2.56 bits per heavy atom. The Balaban J connectivity index is 2.54. The molecule has 0 atom stereocenters. The summed E-state index contributed by atoms with van der Waals surface area (Å²) in [5.74, 6) is 2.14. The molecule has 4 heteroatoms. The number of ether oxygens (including phenoxy) is 2. The predicted octanol–water partition coefficient (Wildman–Crippen LogP) is 3.73. The van der Waals surface area contributed by atoms with E-state index in [1.54, 1.807) is 20.5 Å². The van der Waals surface area contributed by atoms with E-state index in [1.807, 2.05) is 24.3 Å². The average Bonchev–Trinajstić information content (AvgIpc) is 2.81. The van der Waals surface area contributed by atoms with Gasteiger partial charge >= 0.3 is 0 Å². The lowest BCUT2D eigenvalue weighted by atomic mass is 10.1. The van der Waals surface area contributed by atoms with E-state index in [4.69, 9.17) is 13.9 Å². The smallest absolute Gasteiger partial charge is 0.174 e. The van der Waals surface area contributed by atoms with Crippen LogP contribution in [0.4, 0.5) is 0 Å². The van der Waals surface area contributed by atoms with E-state index < -0.39 is 0 Å². The first kappa shape index (κ1) is 11.1. The van der Waals surface area contributed by atoms with E-state index in [-0.39, 0.29) is 0 Å². The predicted molar refractivity (Wildman–Crippen MR) is 64.9 cm³/mol. The standard InChI is InChI=1S/C12H11BrO3/c1-14-11-7-8(10-4-3-5-16-10)6-9(13)12(11)15-2/h3-7H,1-2H3. The van der Waals surface area contributed by atoms with Crippen LogP contribution in [0.1, 0.15) is 0 Å². The van der Waals surface area contributed by atoms with Gasteiger partial charge in [-0.05, 0) is 40.2 Å². The Labute approximate surface area is 102 Å². The van der Waals surface area contributed by atoms with Crippen molar-refractivity contribution in [3.8, 4) is 22.8 Å². The molecule has 1 heterocycles. The molecule has 2 rings (SSSR count). The van der Waals surface area contributed by atoms with Crippen LogP contribution >= 0.6 is 15.9 Å². The molecule has 0 aliphatic heterocycles. The summed E-state index contributed by atoms with van der Waals surface area (Å²) >= 11 is 3.44. The molecule has 0 aliphatic carbocycles. The molecule has 3 nitrogen and oxygen atoms in total. The van der Waals surface area contributed by atoms with Crippen molar-refractivity contribution in [2.24, 2.45) is 0 Å². The molecule has 0 radical (unpaired) electrons. The van der Waals surface area contributed by atoms with E-state index in [1.165, 1.54) is 0 Å². The molecule has 16 heavy (non-hydrogen) atoms. The first-order valence-corrected chi connectivity index (χ1v) is 5.51. The summed E-state index contributed by atoms with van der Waals surface area (Å²) in [4.78, 5) is 0. The summed E-state index contributed by atoms with van der Waals surface area (Å²) in [6.07, 6.45) is 1.64. The van der Waals surface area contributed by atoms with Crippen LogP contribution in [-0.4, -0.2) is 14.2 Å². The fourth-order valence-electron chi connectivity index (χ4n) is 1.50. The van der Waals surface area contributed by atoms with E-state index in [0.29, 0.717) is 11.5 Å². The highest BCUT2D eigenvalue weighted by Gasteiger charge is 2.12. The van der Waals surface area contributed by atoms with Crippen molar-refractivity contribution in [2.75, 3.05) is 14.2 Å². The minimum Gasteiger partial charge on any atom is -0.493 e. The van der Waals surface area contributed by atoms with Crippen LogP contribution in [-0.2, 0) is 0 Å². The number of rotatable bonds is 3. The zero-order chi connectivity index (χ0) is 11.5. The van der Waals surface area contributed by atoms with Crippen molar-refractivity contribution in [3.63, 3.8) is 0 Å². The Hall–Kier alpha value is -1.42. The fraction of sp³-hybridized carbons (Fsp3) is 0.167. The highest BCUT2D eigenvalue weighted by molar-refractivity contribution is 9.10. The lowest BCUT2D eigenvalue weighted by molar-refractivity contribution is 0.353. The number of halogens is 1. The maximum absolute atomic E-state index is 5.33. The summed E-state index contributed by atoms with van der Waals surface area (Å²) in [7, 11) is 3.21. The maximum atomic E-state index is 5.33. The van der Waals surface area contributed by atoms with Crippen LogP contribution in [0.3, 0.4) is 0 Å². The van der Waals surface area contributed by atoms with Crippen molar-refractivity contribution in [3.05, 3.63) is 35.0 Å². The highest BCUT2D eigenvalue weighted by Crippen LogP contribution is 2.39. The minimum atomic E-state index is 0.670. The molecule has 0 N–H and O–H groups in total.